The first-order valence-electron chi connectivity index (χ1n) is 9.28. The molecule has 0 radical (unpaired) electrons. The molecule has 2 aromatic rings. The Bertz CT molecular complexity index is 937. The van der Waals surface area contributed by atoms with Crippen molar-refractivity contribution in [2.75, 3.05) is 14.2 Å². The van der Waals surface area contributed by atoms with Crippen LogP contribution in [0, 0.1) is 11.8 Å². The van der Waals surface area contributed by atoms with Gasteiger partial charge in [-0.2, -0.15) is 0 Å². The monoisotopic (exact) mass is 373 g/mol. The number of amides is 1. The third-order valence-corrected chi connectivity index (χ3v) is 5.56. The normalized spacial score (nSPS) is 23.2. The predicted octanol–water partition coefficient (Wildman–Crippen LogP) is 2.58. The van der Waals surface area contributed by atoms with E-state index in [4.69, 9.17) is 14.5 Å². The molecule has 0 bridgehead atoms. The number of fused-ring (bicyclic) bond motifs is 2. The molecule has 0 spiro atoms. The second kappa shape index (κ2) is 6.96. The number of carbonyl (C=O) groups excluding carboxylic acids is 1. The van der Waals surface area contributed by atoms with E-state index in [1.807, 2.05) is 27.7 Å². The van der Waals surface area contributed by atoms with Crippen molar-refractivity contribution in [2.24, 2.45) is 11.8 Å². The summed E-state index contributed by atoms with van der Waals surface area (Å²) >= 11 is 0. The van der Waals surface area contributed by atoms with Gasteiger partial charge < -0.3 is 14.8 Å². The van der Waals surface area contributed by atoms with Gasteiger partial charge in [0, 0.05) is 13.0 Å². The summed E-state index contributed by atoms with van der Waals surface area (Å²) in [4.78, 5) is 31.2. The fourth-order valence-electron chi connectivity index (χ4n) is 3.83. The molecule has 1 aliphatic heterocycles. The highest BCUT2D eigenvalue weighted by Crippen LogP contribution is 2.38. The lowest BCUT2D eigenvalue weighted by Crippen LogP contribution is -2.62. The van der Waals surface area contributed by atoms with Gasteiger partial charge >= 0.3 is 0 Å². The number of rotatable bonds is 5. The molecule has 3 atom stereocenters. The van der Waals surface area contributed by atoms with Gasteiger partial charge in [-0.3, -0.25) is 14.2 Å². The largest absolute Gasteiger partial charge is 0.497 e. The first-order valence-corrected chi connectivity index (χ1v) is 9.28. The van der Waals surface area contributed by atoms with Crippen LogP contribution in [0.4, 0.5) is 0 Å². The van der Waals surface area contributed by atoms with Crippen molar-refractivity contribution in [3.05, 3.63) is 34.4 Å². The van der Waals surface area contributed by atoms with Crippen LogP contribution in [0.2, 0.25) is 0 Å². The maximum Gasteiger partial charge on any atom is 0.262 e. The lowest BCUT2D eigenvalue weighted by molar-refractivity contribution is -0.154. The van der Waals surface area contributed by atoms with E-state index in [1.54, 1.807) is 25.3 Å². The number of aromatic nitrogens is 2. The molecule has 0 saturated carbocycles. The molecule has 0 aliphatic carbocycles. The molecule has 7 heteroatoms. The summed E-state index contributed by atoms with van der Waals surface area (Å²) in [5, 5.41) is 3.45. The van der Waals surface area contributed by atoms with Crippen LogP contribution in [0.25, 0.3) is 10.9 Å². The molecule has 3 rings (SSSR count). The van der Waals surface area contributed by atoms with Crippen LogP contribution in [-0.2, 0) is 15.3 Å². The summed E-state index contributed by atoms with van der Waals surface area (Å²) in [6, 6.07) is 4.54. The third kappa shape index (κ3) is 2.81. The Morgan fingerprint density at radius 2 is 1.96 bits per heavy atom. The maximum atomic E-state index is 13.4. The van der Waals surface area contributed by atoms with Crippen molar-refractivity contribution in [2.45, 2.75) is 45.9 Å². The van der Waals surface area contributed by atoms with Crippen LogP contribution in [0.1, 0.15) is 46.0 Å². The average molecular weight is 373 g/mol. The molecule has 3 unspecified atom stereocenters. The topological polar surface area (TPSA) is 82.4 Å². The van der Waals surface area contributed by atoms with Gasteiger partial charge in [0.1, 0.15) is 11.8 Å². The zero-order valence-electron chi connectivity index (χ0n) is 16.7. The zero-order chi connectivity index (χ0) is 19.9. The van der Waals surface area contributed by atoms with E-state index in [0.29, 0.717) is 22.5 Å². The first kappa shape index (κ1) is 19.4. The van der Waals surface area contributed by atoms with Gasteiger partial charge in [-0.05, 0) is 30.5 Å². The Morgan fingerprint density at radius 3 is 2.52 bits per heavy atom. The number of hydrogen-bond donors (Lipinski definition) is 1. The van der Waals surface area contributed by atoms with Gasteiger partial charge in [0.05, 0.1) is 18.0 Å². The summed E-state index contributed by atoms with van der Waals surface area (Å²) in [5.74, 6) is 0.626. The van der Waals surface area contributed by atoms with Crippen LogP contribution in [0.5, 0.6) is 5.75 Å². The number of methoxy groups -OCH3 is 2. The highest BCUT2D eigenvalue weighted by molar-refractivity contribution is 5.85. The highest BCUT2D eigenvalue weighted by Gasteiger charge is 2.50. The Labute approximate surface area is 158 Å². The minimum atomic E-state index is -1.15. The summed E-state index contributed by atoms with van der Waals surface area (Å²) in [6.07, 6.45) is 0.747. The number of benzene rings is 1. The minimum Gasteiger partial charge on any atom is -0.497 e. The summed E-state index contributed by atoms with van der Waals surface area (Å²) < 4.78 is 12.6. The van der Waals surface area contributed by atoms with E-state index in [2.05, 4.69) is 5.32 Å². The van der Waals surface area contributed by atoms with Crippen molar-refractivity contribution >= 4 is 16.8 Å². The Hall–Kier alpha value is -2.41. The van der Waals surface area contributed by atoms with Crippen LogP contribution >= 0.6 is 0 Å². The Morgan fingerprint density at radius 1 is 1.26 bits per heavy atom. The molecule has 1 N–H and O–H groups in total. The fourth-order valence-corrected chi connectivity index (χ4v) is 3.83. The van der Waals surface area contributed by atoms with Gasteiger partial charge in [-0.1, -0.05) is 27.7 Å². The maximum absolute atomic E-state index is 13.4. The standard InChI is InChI=1S/C20H27N3O4/c1-7-12(4)20(27-6)19-21-15-9-8-13(26-5)10-14(15)18(25)23(19)16(11(2)3)17(24)22-20/h8-12,16H,7H2,1-6H3,(H,22,24). The summed E-state index contributed by atoms with van der Waals surface area (Å²) in [7, 11) is 3.09. The molecule has 0 fully saturated rings. The predicted molar refractivity (Wildman–Crippen MR) is 103 cm³/mol. The molecule has 7 nitrogen and oxygen atoms in total. The minimum absolute atomic E-state index is 0.0755. The molecule has 1 aromatic carbocycles. The smallest absolute Gasteiger partial charge is 0.262 e. The number of nitrogens with one attached hydrogen (secondary N) is 1. The number of nitrogens with zero attached hydrogens (tertiary/aromatic N) is 2. The van der Waals surface area contributed by atoms with Crippen LogP contribution in [0.15, 0.2) is 23.0 Å². The van der Waals surface area contributed by atoms with Crippen molar-refractivity contribution in [1.82, 2.24) is 14.9 Å². The van der Waals surface area contributed by atoms with Crippen molar-refractivity contribution in [3.63, 3.8) is 0 Å². The van der Waals surface area contributed by atoms with E-state index in [9.17, 15) is 9.59 Å². The molecule has 1 aliphatic rings. The average Bonchev–Trinajstić information content (AvgIpc) is 2.66. The highest BCUT2D eigenvalue weighted by atomic mass is 16.5. The van der Waals surface area contributed by atoms with Gasteiger partial charge in [-0.15, -0.1) is 0 Å². The first-order chi connectivity index (χ1) is 12.8. The van der Waals surface area contributed by atoms with Crippen LogP contribution in [-0.4, -0.2) is 29.7 Å². The van der Waals surface area contributed by atoms with Gasteiger partial charge in [0.25, 0.3) is 5.56 Å². The lowest BCUT2D eigenvalue weighted by atomic mass is 9.88. The molecule has 2 heterocycles. The molecule has 27 heavy (non-hydrogen) atoms. The molecular formula is C20H27N3O4. The van der Waals surface area contributed by atoms with E-state index in [0.717, 1.165) is 6.42 Å². The van der Waals surface area contributed by atoms with Gasteiger partial charge in [0.2, 0.25) is 11.6 Å². The van der Waals surface area contributed by atoms with E-state index in [1.165, 1.54) is 11.7 Å². The Balaban J connectivity index is 2.44. The number of hydrogen-bond acceptors (Lipinski definition) is 5. The van der Waals surface area contributed by atoms with Crippen molar-refractivity contribution in [3.8, 4) is 5.75 Å². The second-order valence-electron chi connectivity index (χ2n) is 7.42. The van der Waals surface area contributed by atoms with Crippen LogP contribution < -0.4 is 15.6 Å². The van der Waals surface area contributed by atoms with Crippen molar-refractivity contribution in [1.29, 1.82) is 0 Å². The van der Waals surface area contributed by atoms with Crippen LogP contribution in [0.3, 0.4) is 0 Å². The van der Waals surface area contributed by atoms with Gasteiger partial charge in [-0.25, -0.2) is 4.98 Å². The number of ether oxygens (including phenoxy) is 2. The zero-order valence-corrected chi connectivity index (χ0v) is 16.7. The molecule has 146 valence electrons. The van der Waals surface area contributed by atoms with Gasteiger partial charge in [0.15, 0.2) is 5.82 Å². The van der Waals surface area contributed by atoms with E-state index in [-0.39, 0.29) is 23.3 Å². The van der Waals surface area contributed by atoms with Crippen molar-refractivity contribution < 1.29 is 14.3 Å². The third-order valence-electron chi connectivity index (χ3n) is 5.56. The Kier molecular flexibility index (Phi) is 4.99. The SMILES string of the molecule is CCC(C)C1(OC)NC(=O)C(C(C)C)n2c1nc1ccc(OC)cc1c2=O. The molecular weight excluding hydrogens is 346 g/mol. The second-order valence-corrected chi connectivity index (χ2v) is 7.42. The molecule has 1 amide bonds. The lowest BCUT2D eigenvalue weighted by Gasteiger charge is -2.44. The molecule has 1 aromatic heterocycles. The fraction of sp³-hybridized carbons (Fsp3) is 0.550. The van der Waals surface area contributed by atoms with E-state index < -0.39 is 11.8 Å². The van der Waals surface area contributed by atoms with E-state index >= 15 is 0 Å². The quantitative estimate of drug-likeness (QED) is 0.871. The number of carbonyl (C=O) groups is 1. The summed E-state index contributed by atoms with van der Waals surface area (Å²) in [5.41, 5.74) is -0.854. The summed E-state index contributed by atoms with van der Waals surface area (Å²) in [6.45, 7) is 7.83. The molecule has 0 saturated heterocycles.